The van der Waals surface area contributed by atoms with Crippen molar-refractivity contribution in [2.24, 2.45) is 0 Å². The van der Waals surface area contributed by atoms with E-state index in [4.69, 9.17) is 14.2 Å². The molecule has 1 aromatic carbocycles. The summed E-state index contributed by atoms with van der Waals surface area (Å²) in [6, 6.07) is 5.82. The number of benzene rings is 1. The van der Waals surface area contributed by atoms with E-state index in [-0.39, 0.29) is 5.88 Å². The van der Waals surface area contributed by atoms with E-state index in [1.54, 1.807) is 25.6 Å². The van der Waals surface area contributed by atoms with E-state index < -0.39 is 0 Å². The van der Waals surface area contributed by atoms with Crippen LogP contribution in [-0.2, 0) is 11.2 Å². The minimum absolute atomic E-state index is 0.119. The predicted molar refractivity (Wildman–Crippen MR) is 107 cm³/mol. The summed E-state index contributed by atoms with van der Waals surface area (Å²) in [4.78, 5) is 9.77. The van der Waals surface area contributed by atoms with Crippen molar-refractivity contribution < 1.29 is 19.3 Å². The monoisotopic (exact) mass is 393 g/mol. The fraction of sp³-hybridized carbons (Fsp3) is 0.526. The molecule has 1 saturated heterocycles. The van der Waals surface area contributed by atoms with Crippen molar-refractivity contribution in [2.45, 2.75) is 6.42 Å². The molecule has 2 heterocycles. The summed E-state index contributed by atoms with van der Waals surface area (Å²) in [7, 11) is 5.39. The number of piperazine rings is 1. The molecule has 0 bridgehead atoms. The number of methoxy groups -OCH3 is 2. The highest BCUT2D eigenvalue weighted by atomic mass is 32.1. The molecule has 3 rings (SSSR count). The first kappa shape index (κ1) is 19.7. The van der Waals surface area contributed by atoms with E-state index in [1.807, 2.05) is 18.2 Å². The second kappa shape index (κ2) is 9.25. The molecule has 7 nitrogen and oxygen atoms in total. The summed E-state index contributed by atoms with van der Waals surface area (Å²) in [6.07, 6.45) is 0.603. The summed E-state index contributed by atoms with van der Waals surface area (Å²) in [5.41, 5.74) is 1.04. The van der Waals surface area contributed by atoms with E-state index in [0.717, 1.165) is 41.8 Å². The van der Waals surface area contributed by atoms with Gasteiger partial charge in [-0.1, -0.05) is 17.4 Å². The van der Waals surface area contributed by atoms with Gasteiger partial charge in [0.1, 0.15) is 6.61 Å². The Morgan fingerprint density at radius 1 is 1.11 bits per heavy atom. The Bertz CT molecular complexity index is 745. The Morgan fingerprint density at radius 3 is 2.59 bits per heavy atom. The number of thiazole rings is 1. The molecule has 0 atom stereocenters. The average Bonchev–Trinajstić information content (AvgIpc) is 3.04. The largest absolute Gasteiger partial charge is 0.493 e. The van der Waals surface area contributed by atoms with E-state index >= 15 is 0 Å². The van der Waals surface area contributed by atoms with Crippen molar-refractivity contribution in [3.05, 3.63) is 28.6 Å². The third kappa shape index (κ3) is 5.03. The molecule has 2 aromatic rings. The van der Waals surface area contributed by atoms with Crippen LogP contribution in [-0.4, -0.2) is 75.7 Å². The first-order valence-corrected chi connectivity index (χ1v) is 9.83. The zero-order chi connectivity index (χ0) is 19.2. The van der Waals surface area contributed by atoms with Crippen LogP contribution in [0, 0.1) is 0 Å². The summed E-state index contributed by atoms with van der Waals surface area (Å²) in [6.45, 7) is 4.88. The minimum atomic E-state index is 0.119. The fourth-order valence-electron chi connectivity index (χ4n) is 2.94. The van der Waals surface area contributed by atoms with Crippen molar-refractivity contribution in [3.63, 3.8) is 0 Å². The van der Waals surface area contributed by atoms with Crippen LogP contribution in [0.1, 0.15) is 10.4 Å². The standard InChI is InChI=1S/C19H27N3O4S/c1-21-6-8-22(9-7-21)19-20-18(23)17(27-19)13-14-4-5-15(16(12-14)25-3)26-11-10-24-2/h4-5,12,23H,6-11,13H2,1-3H3. The summed E-state index contributed by atoms with van der Waals surface area (Å²) in [5, 5.41) is 11.2. The molecule has 0 spiro atoms. The van der Waals surface area contributed by atoms with E-state index in [2.05, 4.69) is 21.8 Å². The fourth-order valence-corrected chi connectivity index (χ4v) is 3.98. The van der Waals surface area contributed by atoms with Crippen LogP contribution >= 0.6 is 11.3 Å². The molecule has 0 unspecified atom stereocenters. The second-order valence-corrected chi connectivity index (χ2v) is 7.60. The van der Waals surface area contributed by atoms with Crippen LogP contribution in [0.2, 0.25) is 0 Å². The maximum atomic E-state index is 10.3. The number of hydrogen-bond donors (Lipinski definition) is 1. The summed E-state index contributed by atoms with van der Waals surface area (Å²) in [5.74, 6) is 1.48. The lowest BCUT2D eigenvalue weighted by Crippen LogP contribution is -2.44. The Balaban J connectivity index is 1.69. The predicted octanol–water partition coefficient (Wildman–Crippen LogP) is 2.23. The molecular formula is C19H27N3O4S. The quantitative estimate of drug-likeness (QED) is 0.690. The highest BCUT2D eigenvalue weighted by Crippen LogP contribution is 2.35. The molecule has 1 aliphatic rings. The van der Waals surface area contributed by atoms with Gasteiger partial charge < -0.3 is 29.1 Å². The number of anilines is 1. The lowest BCUT2D eigenvalue weighted by Gasteiger charge is -2.31. The molecule has 27 heavy (non-hydrogen) atoms. The lowest BCUT2D eigenvalue weighted by atomic mass is 10.1. The van der Waals surface area contributed by atoms with Gasteiger partial charge in [0.2, 0.25) is 5.88 Å². The van der Waals surface area contributed by atoms with Gasteiger partial charge in [-0.05, 0) is 24.7 Å². The van der Waals surface area contributed by atoms with Gasteiger partial charge in [-0.15, -0.1) is 0 Å². The normalized spacial score (nSPS) is 15.1. The highest BCUT2D eigenvalue weighted by Gasteiger charge is 2.20. The van der Waals surface area contributed by atoms with Crippen LogP contribution in [0.15, 0.2) is 18.2 Å². The number of likely N-dealkylation sites (N-methyl/N-ethyl adjacent to an activating group) is 1. The average molecular weight is 394 g/mol. The van der Waals surface area contributed by atoms with Crippen molar-refractivity contribution in [3.8, 4) is 17.4 Å². The van der Waals surface area contributed by atoms with Gasteiger partial charge >= 0.3 is 0 Å². The zero-order valence-corrected chi connectivity index (χ0v) is 16.9. The molecule has 148 valence electrons. The third-order valence-electron chi connectivity index (χ3n) is 4.58. The van der Waals surface area contributed by atoms with Crippen LogP contribution in [0.5, 0.6) is 17.4 Å². The molecule has 1 aliphatic heterocycles. The number of rotatable bonds is 8. The number of nitrogens with zero attached hydrogens (tertiary/aromatic N) is 3. The van der Waals surface area contributed by atoms with E-state index in [1.165, 1.54) is 0 Å². The zero-order valence-electron chi connectivity index (χ0n) is 16.1. The molecule has 0 radical (unpaired) electrons. The number of hydrogen-bond acceptors (Lipinski definition) is 8. The third-order valence-corrected chi connectivity index (χ3v) is 5.68. The Labute approximate surface area is 164 Å². The molecule has 1 aromatic heterocycles. The first-order valence-electron chi connectivity index (χ1n) is 9.01. The van der Waals surface area contributed by atoms with Gasteiger partial charge in [0.25, 0.3) is 0 Å². The maximum Gasteiger partial charge on any atom is 0.227 e. The van der Waals surface area contributed by atoms with Gasteiger partial charge in [-0.2, -0.15) is 4.98 Å². The Hall–Kier alpha value is -2.03. The van der Waals surface area contributed by atoms with Crippen molar-refractivity contribution in [1.82, 2.24) is 9.88 Å². The molecule has 1 fully saturated rings. The summed E-state index contributed by atoms with van der Waals surface area (Å²) < 4.78 is 16.1. The molecule has 0 amide bonds. The van der Waals surface area contributed by atoms with Gasteiger partial charge in [0.15, 0.2) is 16.6 Å². The van der Waals surface area contributed by atoms with Crippen molar-refractivity contribution in [1.29, 1.82) is 0 Å². The maximum absolute atomic E-state index is 10.3. The molecular weight excluding hydrogens is 366 g/mol. The second-order valence-electron chi connectivity index (χ2n) is 6.54. The van der Waals surface area contributed by atoms with Gasteiger partial charge in [0, 0.05) is 39.7 Å². The van der Waals surface area contributed by atoms with Gasteiger partial charge in [0.05, 0.1) is 18.6 Å². The minimum Gasteiger partial charge on any atom is -0.493 e. The molecule has 8 heteroatoms. The lowest BCUT2D eigenvalue weighted by molar-refractivity contribution is 0.144. The highest BCUT2D eigenvalue weighted by molar-refractivity contribution is 7.15. The Kier molecular flexibility index (Phi) is 6.76. The van der Waals surface area contributed by atoms with E-state index in [9.17, 15) is 5.11 Å². The SMILES string of the molecule is COCCOc1ccc(Cc2sc(N3CCN(C)CC3)nc2O)cc1OC. The number of ether oxygens (including phenoxy) is 3. The smallest absolute Gasteiger partial charge is 0.227 e. The van der Waals surface area contributed by atoms with Crippen LogP contribution in [0.25, 0.3) is 0 Å². The number of aromatic hydroxyl groups is 1. The Morgan fingerprint density at radius 2 is 1.89 bits per heavy atom. The molecule has 1 N–H and O–H groups in total. The van der Waals surface area contributed by atoms with Crippen LogP contribution < -0.4 is 14.4 Å². The van der Waals surface area contributed by atoms with Gasteiger partial charge in [-0.25, -0.2) is 0 Å². The molecule has 0 aliphatic carbocycles. The topological polar surface area (TPSA) is 67.3 Å². The van der Waals surface area contributed by atoms with Crippen molar-refractivity contribution in [2.75, 3.05) is 65.6 Å². The van der Waals surface area contributed by atoms with Gasteiger partial charge in [-0.3, -0.25) is 0 Å². The number of aromatic nitrogens is 1. The first-order chi connectivity index (χ1) is 13.1. The summed E-state index contributed by atoms with van der Waals surface area (Å²) >= 11 is 1.55. The van der Waals surface area contributed by atoms with Crippen LogP contribution in [0.4, 0.5) is 5.13 Å². The van der Waals surface area contributed by atoms with Crippen LogP contribution in [0.3, 0.4) is 0 Å². The van der Waals surface area contributed by atoms with Crippen molar-refractivity contribution >= 4 is 16.5 Å². The van der Waals surface area contributed by atoms with E-state index in [0.29, 0.717) is 31.1 Å². The molecule has 0 saturated carbocycles.